The summed E-state index contributed by atoms with van der Waals surface area (Å²) in [6.45, 7) is 2.16. The smallest absolute Gasteiger partial charge is 0.364 e. The molecule has 3 fully saturated rings. The second kappa shape index (κ2) is 49.1. The number of hydrogen-bond donors (Lipinski definition) is 14. The van der Waals surface area contributed by atoms with Gasteiger partial charge in [-0.2, -0.15) is 0 Å². The third kappa shape index (κ3) is 31.5. The first-order valence-corrected chi connectivity index (χ1v) is 35.6. The van der Waals surface area contributed by atoms with Crippen LogP contribution in [0.2, 0.25) is 0 Å². The average molecular weight is 1310 g/mol. The van der Waals surface area contributed by atoms with E-state index in [1.165, 1.54) is 173 Å². The Balaban J connectivity index is 1.59. The van der Waals surface area contributed by atoms with Gasteiger partial charge in [0.15, 0.2) is 12.6 Å². The van der Waals surface area contributed by atoms with Gasteiger partial charge in [-0.3, -0.25) is 9.59 Å². The highest BCUT2D eigenvalue weighted by Crippen LogP contribution is 2.39. The molecule has 3 saturated heterocycles. The van der Waals surface area contributed by atoms with Crippen LogP contribution in [0.1, 0.15) is 265 Å². The van der Waals surface area contributed by atoms with Crippen molar-refractivity contribution < 1.29 is 104 Å². The molecule has 0 spiro atoms. The van der Waals surface area contributed by atoms with Crippen molar-refractivity contribution in [2.24, 2.45) is 0 Å². The highest BCUT2D eigenvalue weighted by atomic mass is 16.8. The SMILES string of the molecule is CCCCCCCCCCCCCCCCCCCCCC/C=C/C(O)C(COC1OC(CO)C(OC2OC(CO)C(O)C(OC3(C(=O)O)CC(O)C(NC(C)=O)C(C(O)C(O)CO)O3)C2O)C(O)C1O)NC(=O)CCCCCCCCCCCCCCCCC. The highest BCUT2D eigenvalue weighted by Gasteiger charge is 2.60. The number of aliphatic hydroxyl groups excluding tert-OH is 11. The maximum Gasteiger partial charge on any atom is 0.364 e. The summed E-state index contributed by atoms with van der Waals surface area (Å²) in [6.07, 6.45) is 18.2. The molecular weight excluding hydrogens is 1180 g/mol. The molecule has 18 atom stereocenters. The predicted molar refractivity (Wildman–Crippen MR) is 343 cm³/mol. The van der Waals surface area contributed by atoms with Crippen LogP contribution in [0.5, 0.6) is 0 Å². The lowest BCUT2D eigenvalue weighted by Gasteiger charge is -2.50. The highest BCUT2D eigenvalue weighted by molar-refractivity contribution is 5.77. The summed E-state index contributed by atoms with van der Waals surface area (Å²) in [5.41, 5.74) is 0. The Morgan fingerprint density at radius 3 is 1.46 bits per heavy atom. The quantitative estimate of drug-likeness (QED) is 0.0223. The summed E-state index contributed by atoms with van der Waals surface area (Å²) in [7, 11) is 0. The van der Waals surface area contributed by atoms with Crippen LogP contribution in [0.3, 0.4) is 0 Å². The van der Waals surface area contributed by atoms with Crippen molar-refractivity contribution in [1.82, 2.24) is 10.6 Å². The van der Waals surface area contributed by atoms with Gasteiger partial charge >= 0.3 is 5.97 Å². The van der Waals surface area contributed by atoms with Crippen LogP contribution in [0.4, 0.5) is 0 Å². The molecule has 534 valence electrons. The molecule has 23 heteroatoms. The number of aliphatic carboxylic acids is 1. The number of amides is 2. The molecule has 91 heavy (non-hydrogen) atoms. The summed E-state index contributed by atoms with van der Waals surface area (Å²) in [4.78, 5) is 38.5. The Hall–Kier alpha value is -2.53. The molecule has 2 amide bonds. The van der Waals surface area contributed by atoms with Crippen molar-refractivity contribution in [3.05, 3.63) is 12.2 Å². The molecule has 3 rings (SSSR count). The van der Waals surface area contributed by atoms with Crippen molar-refractivity contribution in [3.8, 4) is 0 Å². The van der Waals surface area contributed by atoms with Gasteiger partial charge in [-0.05, 0) is 19.3 Å². The molecule has 3 heterocycles. The number of rotatable bonds is 54. The van der Waals surface area contributed by atoms with E-state index in [1.807, 2.05) is 6.08 Å². The number of hydrogen-bond acceptors (Lipinski definition) is 20. The fourth-order valence-corrected chi connectivity index (χ4v) is 12.5. The van der Waals surface area contributed by atoms with Crippen LogP contribution in [-0.4, -0.2) is 215 Å². The lowest BCUT2D eigenvalue weighted by Crippen LogP contribution is -2.70. The first-order chi connectivity index (χ1) is 43.9. The van der Waals surface area contributed by atoms with Gasteiger partial charge in [-0.25, -0.2) is 4.79 Å². The van der Waals surface area contributed by atoms with E-state index in [0.29, 0.717) is 12.8 Å². The Morgan fingerprint density at radius 1 is 0.571 bits per heavy atom. The minimum Gasteiger partial charge on any atom is -0.477 e. The molecule has 23 nitrogen and oxygen atoms in total. The number of nitrogens with one attached hydrogen (secondary N) is 2. The first kappa shape index (κ1) is 82.7. The lowest BCUT2D eigenvalue weighted by molar-refractivity contribution is -0.386. The zero-order valence-electron chi connectivity index (χ0n) is 55.7. The molecule has 3 aliphatic heterocycles. The molecule has 14 N–H and O–H groups in total. The molecule has 0 saturated carbocycles. The third-order valence-electron chi connectivity index (χ3n) is 18.2. The van der Waals surface area contributed by atoms with Crippen molar-refractivity contribution in [2.75, 3.05) is 26.4 Å². The summed E-state index contributed by atoms with van der Waals surface area (Å²) in [5, 5.41) is 136. The minimum absolute atomic E-state index is 0.205. The number of carboxylic acids is 1. The molecule has 0 aromatic carbocycles. The molecule has 0 aromatic heterocycles. The second-order valence-electron chi connectivity index (χ2n) is 26.1. The Morgan fingerprint density at radius 2 is 1.02 bits per heavy atom. The van der Waals surface area contributed by atoms with E-state index >= 15 is 0 Å². The second-order valence-corrected chi connectivity index (χ2v) is 26.1. The molecule has 0 aliphatic carbocycles. The van der Waals surface area contributed by atoms with Crippen molar-refractivity contribution in [1.29, 1.82) is 0 Å². The fraction of sp³-hybridized carbons (Fsp3) is 0.926. The molecule has 0 aromatic rings. The van der Waals surface area contributed by atoms with E-state index in [-0.39, 0.29) is 12.3 Å². The molecule has 3 aliphatic rings. The van der Waals surface area contributed by atoms with Crippen LogP contribution < -0.4 is 10.6 Å². The number of ether oxygens (including phenoxy) is 6. The van der Waals surface area contributed by atoms with Gasteiger partial charge in [0.25, 0.3) is 5.79 Å². The van der Waals surface area contributed by atoms with E-state index in [2.05, 4.69) is 24.5 Å². The largest absolute Gasteiger partial charge is 0.477 e. The lowest BCUT2D eigenvalue weighted by atomic mass is 9.88. The molecule has 0 radical (unpaired) electrons. The van der Waals surface area contributed by atoms with Gasteiger partial charge in [0, 0.05) is 19.8 Å². The van der Waals surface area contributed by atoms with Gasteiger partial charge in [0.2, 0.25) is 11.8 Å². The maximum atomic E-state index is 13.4. The Bertz CT molecular complexity index is 1890. The Labute approximate surface area is 543 Å². The first-order valence-electron chi connectivity index (χ1n) is 35.6. The summed E-state index contributed by atoms with van der Waals surface area (Å²) in [5.74, 6) is -6.13. The topological polar surface area (TPSA) is 373 Å². The van der Waals surface area contributed by atoms with Gasteiger partial charge in [-0.1, -0.05) is 238 Å². The van der Waals surface area contributed by atoms with Gasteiger partial charge in [-0.15, -0.1) is 0 Å². The summed E-state index contributed by atoms with van der Waals surface area (Å²) in [6, 6.07) is -2.61. The normalized spacial score (nSPS) is 28.4. The average Bonchev–Trinajstić information content (AvgIpc) is 0.783. The molecule has 0 bridgehead atoms. The maximum absolute atomic E-state index is 13.4. The van der Waals surface area contributed by atoms with Crippen LogP contribution >= 0.6 is 0 Å². The molecule has 18 unspecified atom stereocenters. The van der Waals surface area contributed by atoms with Gasteiger partial charge in [0.1, 0.15) is 67.1 Å². The number of carbonyl (C=O) groups is 3. The van der Waals surface area contributed by atoms with E-state index in [1.54, 1.807) is 6.08 Å². The van der Waals surface area contributed by atoms with Gasteiger partial charge < -0.3 is 100 Å². The van der Waals surface area contributed by atoms with E-state index in [4.69, 9.17) is 28.4 Å². The summed E-state index contributed by atoms with van der Waals surface area (Å²) >= 11 is 0. The third-order valence-corrected chi connectivity index (χ3v) is 18.2. The van der Waals surface area contributed by atoms with E-state index in [0.717, 1.165) is 51.9 Å². The van der Waals surface area contributed by atoms with Crippen LogP contribution in [0.25, 0.3) is 0 Å². The minimum atomic E-state index is -3.08. The number of carboxylic acid groups (broad SMARTS) is 1. The zero-order valence-corrected chi connectivity index (χ0v) is 55.7. The number of aliphatic hydroxyl groups is 11. The molecular formula is C68H126N2O21. The monoisotopic (exact) mass is 1310 g/mol. The van der Waals surface area contributed by atoms with E-state index < -0.39 is 155 Å². The standard InChI is InChI=1S/C68H126N2O21/c1-4-6-8-10-12-14-16-18-20-21-22-23-24-25-26-28-29-31-33-35-37-39-41-50(75)49(70-55(78)42-40-38-36-34-32-30-27-19-17-15-13-11-9-7-5-2)47-86-65-60(82)59(81)62(54(46-73)88-65)89-66-61(83)64(58(80)53(45-72)87-66)91-68(67(84)85)43-51(76)56(69-48(3)74)63(90-68)57(79)52(77)44-71/h39,41,49-54,56-66,71-73,75-77,79-83H,4-38,40,42-47H2,1-3H3,(H,69,74)(H,70,78)(H,84,85)/b41-39+. The predicted octanol–water partition coefficient (Wildman–Crippen LogP) is 6.68. The van der Waals surface area contributed by atoms with Gasteiger partial charge in [0.05, 0.1) is 50.7 Å². The Kier molecular flexibility index (Phi) is 44.6. The van der Waals surface area contributed by atoms with Crippen LogP contribution in [-0.2, 0) is 42.8 Å². The van der Waals surface area contributed by atoms with Crippen molar-refractivity contribution in [2.45, 2.75) is 375 Å². The summed E-state index contributed by atoms with van der Waals surface area (Å²) < 4.78 is 34.8. The zero-order chi connectivity index (χ0) is 66.8. The number of unbranched alkanes of at least 4 members (excludes halogenated alkanes) is 34. The number of allylic oxidation sites excluding steroid dienone is 1. The van der Waals surface area contributed by atoms with Crippen LogP contribution in [0.15, 0.2) is 12.2 Å². The number of carbonyl (C=O) groups excluding carboxylic acids is 2. The van der Waals surface area contributed by atoms with Crippen LogP contribution in [0, 0.1) is 0 Å². The van der Waals surface area contributed by atoms with Crippen molar-refractivity contribution in [3.63, 3.8) is 0 Å². The van der Waals surface area contributed by atoms with E-state index in [9.17, 15) is 75.7 Å². The fourth-order valence-electron chi connectivity index (χ4n) is 12.5. The van der Waals surface area contributed by atoms with Crippen molar-refractivity contribution >= 4 is 17.8 Å².